The number of hydrogen-bond donors (Lipinski definition) is 0. The summed E-state index contributed by atoms with van der Waals surface area (Å²) in [5.41, 5.74) is 2.35. The van der Waals surface area contributed by atoms with Crippen molar-refractivity contribution in [3.8, 4) is 17.1 Å². The fraction of sp³-hybridized carbons (Fsp3) is 0.333. The lowest BCUT2D eigenvalue weighted by Crippen LogP contribution is -2.29. The third-order valence-corrected chi connectivity index (χ3v) is 6.31. The number of ether oxygens (including phenoxy) is 2. The van der Waals surface area contributed by atoms with E-state index in [1.54, 1.807) is 58.2 Å². The molecule has 1 aliphatic carbocycles. The number of methoxy groups -OCH3 is 1. The fourth-order valence-corrected chi connectivity index (χ4v) is 4.31. The molecule has 5 rings (SSSR count). The number of ketones is 1. The fourth-order valence-electron chi connectivity index (χ4n) is 4.31. The van der Waals surface area contributed by atoms with Gasteiger partial charge in [0.05, 0.1) is 23.9 Å². The lowest BCUT2D eigenvalue weighted by molar-refractivity contribution is -0.117. The largest absolute Gasteiger partial charge is 0.497 e. The van der Waals surface area contributed by atoms with E-state index in [1.165, 1.54) is 10.7 Å². The molecule has 196 valence electrons. The highest BCUT2D eigenvalue weighted by Crippen LogP contribution is 2.39. The maximum atomic E-state index is 13.0. The van der Waals surface area contributed by atoms with E-state index in [9.17, 15) is 14.4 Å². The molecule has 0 spiro atoms. The molecule has 2 aromatic carbocycles. The molecule has 0 aliphatic heterocycles. The zero-order valence-corrected chi connectivity index (χ0v) is 21.9. The highest BCUT2D eigenvalue weighted by Gasteiger charge is 2.30. The summed E-state index contributed by atoms with van der Waals surface area (Å²) in [7, 11) is 1.59. The first-order chi connectivity index (χ1) is 18.1. The average Bonchev–Trinajstić information content (AvgIpc) is 3.63. The summed E-state index contributed by atoms with van der Waals surface area (Å²) in [6.45, 7) is 5.37. The van der Waals surface area contributed by atoms with Crippen LogP contribution < -0.4 is 10.2 Å². The Morgan fingerprint density at radius 1 is 1.03 bits per heavy atom. The monoisotopic (exact) mass is 514 g/mol. The second-order valence-electron chi connectivity index (χ2n) is 10.7. The number of nitrogens with zero attached hydrogens (tertiary/aromatic N) is 2. The van der Waals surface area contributed by atoms with Crippen LogP contribution in [0.5, 0.6) is 5.75 Å². The van der Waals surface area contributed by atoms with Crippen LogP contribution in [-0.2, 0) is 22.4 Å². The molecule has 4 aromatic rings. The van der Waals surface area contributed by atoms with Gasteiger partial charge in [-0.2, -0.15) is 9.78 Å². The van der Waals surface area contributed by atoms with Crippen molar-refractivity contribution in [3.05, 3.63) is 81.8 Å². The Morgan fingerprint density at radius 2 is 1.76 bits per heavy atom. The SMILES string of the molecule is COc1ccc(-c2cc(=O)c3cc(CC(=O)Cc4cc(C5CC5)nn4C(=O)OC(C)(C)C)ccc3o2)cc1. The van der Waals surface area contributed by atoms with Gasteiger partial charge >= 0.3 is 6.09 Å². The number of carbonyl (C=O) groups is 2. The van der Waals surface area contributed by atoms with Gasteiger partial charge < -0.3 is 13.9 Å². The molecular weight excluding hydrogens is 484 g/mol. The van der Waals surface area contributed by atoms with Gasteiger partial charge in [0.25, 0.3) is 0 Å². The molecule has 8 nitrogen and oxygen atoms in total. The third kappa shape index (κ3) is 5.69. The average molecular weight is 515 g/mol. The number of benzene rings is 2. The minimum absolute atomic E-state index is 0.0298. The minimum Gasteiger partial charge on any atom is -0.497 e. The summed E-state index contributed by atoms with van der Waals surface area (Å²) in [6, 6.07) is 15.7. The molecule has 0 N–H and O–H groups in total. The van der Waals surface area contributed by atoms with Gasteiger partial charge in [0.2, 0.25) is 0 Å². The van der Waals surface area contributed by atoms with Crippen LogP contribution in [-0.4, -0.2) is 34.4 Å². The molecule has 2 heterocycles. The molecule has 0 radical (unpaired) electrons. The topological polar surface area (TPSA) is 101 Å². The molecule has 0 saturated heterocycles. The number of rotatable bonds is 7. The molecule has 8 heteroatoms. The minimum atomic E-state index is -0.677. The quantitative estimate of drug-likeness (QED) is 0.313. The Hall–Kier alpha value is -4.20. The first-order valence-corrected chi connectivity index (χ1v) is 12.6. The number of aromatic nitrogens is 2. The maximum absolute atomic E-state index is 13.0. The molecule has 1 saturated carbocycles. The summed E-state index contributed by atoms with van der Waals surface area (Å²) in [5, 5.41) is 4.85. The Morgan fingerprint density at radius 3 is 2.42 bits per heavy atom. The smallest absolute Gasteiger partial charge is 0.435 e. The Labute approximate surface area is 220 Å². The van der Waals surface area contributed by atoms with E-state index >= 15 is 0 Å². The van der Waals surface area contributed by atoms with Crippen LogP contribution >= 0.6 is 0 Å². The van der Waals surface area contributed by atoms with Gasteiger partial charge in [-0.3, -0.25) is 9.59 Å². The van der Waals surface area contributed by atoms with Crippen LogP contribution in [0.2, 0.25) is 0 Å². The molecular formula is C30H30N2O6. The van der Waals surface area contributed by atoms with Crippen LogP contribution in [0.4, 0.5) is 4.79 Å². The first kappa shape index (κ1) is 25.4. The van der Waals surface area contributed by atoms with Crippen molar-refractivity contribution in [1.29, 1.82) is 0 Å². The van der Waals surface area contributed by atoms with Crippen LogP contribution in [0.15, 0.2) is 63.8 Å². The molecule has 0 amide bonds. The van der Waals surface area contributed by atoms with Gasteiger partial charge in [-0.05, 0) is 81.6 Å². The summed E-state index contributed by atoms with van der Waals surface area (Å²) in [6.07, 6.45) is 1.59. The van der Waals surface area contributed by atoms with Crippen LogP contribution in [0.25, 0.3) is 22.3 Å². The van der Waals surface area contributed by atoms with Gasteiger partial charge in [0.15, 0.2) is 5.43 Å². The second-order valence-corrected chi connectivity index (χ2v) is 10.7. The number of carbonyl (C=O) groups excluding carboxylic acids is 2. The maximum Gasteiger partial charge on any atom is 0.435 e. The molecule has 0 atom stereocenters. The van der Waals surface area contributed by atoms with Crippen molar-refractivity contribution < 1.29 is 23.5 Å². The molecule has 0 bridgehead atoms. The zero-order valence-electron chi connectivity index (χ0n) is 21.9. The first-order valence-electron chi connectivity index (χ1n) is 12.6. The van der Waals surface area contributed by atoms with Gasteiger partial charge in [-0.15, -0.1) is 0 Å². The molecule has 0 unspecified atom stereocenters. The van der Waals surface area contributed by atoms with E-state index in [0.29, 0.717) is 39.7 Å². The van der Waals surface area contributed by atoms with Crippen molar-refractivity contribution in [2.24, 2.45) is 0 Å². The van der Waals surface area contributed by atoms with Crippen molar-refractivity contribution in [2.45, 2.75) is 58.0 Å². The molecule has 2 aromatic heterocycles. The summed E-state index contributed by atoms with van der Waals surface area (Å²) < 4.78 is 17.9. The zero-order chi connectivity index (χ0) is 27.0. The van der Waals surface area contributed by atoms with E-state index in [-0.39, 0.29) is 24.1 Å². The number of Topliss-reactive ketones (excluding diaryl/α,β-unsaturated/α-hetero) is 1. The van der Waals surface area contributed by atoms with Gasteiger partial charge in [-0.25, -0.2) is 4.79 Å². The number of hydrogen-bond acceptors (Lipinski definition) is 7. The summed E-state index contributed by atoms with van der Waals surface area (Å²) in [4.78, 5) is 38.7. The van der Waals surface area contributed by atoms with E-state index in [4.69, 9.17) is 13.9 Å². The van der Waals surface area contributed by atoms with E-state index < -0.39 is 11.7 Å². The lowest BCUT2D eigenvalue weighted by atomic mass is 10.0. The highest BCUT2D eigenvalue weighted by atomic mass is 16.6. The highest BCUT2D eigenvalue weighted by molar-refractivity contribution is 5.86. The van der Waals surface area contributed by atoms with Crippen LogP contribution in [0.3, 0.4) is 0 Å². The number of fused-ring (bicyclic) bond motifs is 1. The Bertz CT molecular complexity index is 1570. The Kier molecular flexibility index (Phi) is 6.65. The van der Waals surface area contributed by atoms with Crippen LogP contribution in [0.1, 0.15) is 56.5 Å². The van der Waals surface area contributed by atoms with Crippen molar-refractivity contribution in [3.63, 3.8) is 0 Å². The van der Waals surface area contributed by atoms with E-state index in [2.05, 4.69) is 5.10 Å². The van der Waals surface area contributed by atoms with E-state index in [1.807, 2.05) is 18.2 Å². The Balaban J connectivity index is 1.35. The summed E-state index contributed by atoms with van der Waals surface area (Å²) >= 11 is 0. The molecule has 1 fully saturated rings. The van der Waals surface area contributed by atoms with Crippen molar-refractivity contribution >= 4 is 22.8 Å². The predicted octanol–water partition coefficient (Wildman–Crippen LogP) is 5.68. The van der Waals surface area contributed by atoms with Crippen molar-refractivity contribution in [2.75, 3.05) is 7.11 Å². The molecule has 1 aliphatic rings. The van der Waals surface area contributed by atoms with E-state index in [0.717, 1.165) is 24.1 Å². The predicted molar refractivity (Wildman–Crippen MR) is 143 cm³/mol. The van der Waals surface area contributed by atoms with Crippen molar-refractivity contribution in [1.82, 2.24) is 9.78 Å². The second kappa shape index (κ2) is 9.93. The summed E-state index contributed by atoms with van der Waals surface area (Å²) in [5.74, 6) is 1.39. The van der Waals surface area contributed by atoms with Crippen LogP contribution in [0, 0.1) is 0 Å². The molecule has 38 heavy (non-hydrogen) atoms. The normalized spacial score (nSPS) is 13.5. The lowest BCUT2D eigenvalue weighted by Gasteiger charge is -2.19. The third-order valence-electron chi connectivity index (χ3n) is 6.31. The van der Waals surface area contributed by atoms with Gasteiger partial charge in [0, 0.05) is 30.4 Å². The standard InChI is InChI=1S/C30H30N2O6/c1-30(2,3)38-29(35)32-21(16-25(31-32)19-6-7-19)15-22(33)13-18-5-12-27-24(14-18)26(34)17-28(37-27)20-8-10-23(36-4)11-9-20/h5,8-12,14,16-17,19H,6-7,13,15H2,1-4H3. The van der Waals surface area contributed by atoms with Gasteiger partial charge in [-0.1, -0.05) is 6.07 Å². The van der Waals surface area contributed by atoms with Gasteiger partial charge in [0.1, 0.15) is 28.5 Å².